The van der Waals surface area contributed by atoms with Crippen LogP contribution in [0, 0.1) is 6.92 Å². The molecular weight excluding hydrogens is 468 g/mol. The predicted octanol–water partition coefficient (Wildman–Crippen LogP) is 2.60. The molecule has 0 atom stereocenters. The predicted molar refractivity (Wildman–Crippen MR) is 121 cm³/mol. The highest BCUT2D eigenvalue weighted by Crippen LogP contribution is 2.18. The molecule has 0 bridgehead atoms. The first-order valence-corrected chi connectivity index (χ1v) is 11.9. The summed E-state index contributed by atoms with van der Waals surface area (Å²) in [5, 5.41) is 4.17. The van der Waals surface area contributed by atoms with E-state index in [1.807, 2.05) is 43.0 Å². The summed E-state index contributed by atoms with van der Waals surface area (Å²) in [6.07, 6.45) is 0. The molecule has 1 aliphatic rings. The van der Waals surface area contributed by atoms with Crippen molar-refractivity contribution in [2.45, 2.75) is 18.7 Å². The van der Waals surface area contributed by atoms with Crippen LogP contribution in [0.15, 0.2) is 63.0 Å². The smallest absolute Gasteiger partial charge is 0.254 e. The lowest BCUT2D eigenvalue weighted by molar-refractivity contribution is -0.122. The third-order valence-electron chi connectivity index (χ3n) is 4.95. The standard InChI is InChI=1S/C21H25BrN4O3S/c1-16-6-8-20(9-7-16)30(28,29)26-12-10-25(11-13-26)15-21(27)24-23-17(2)18-4-3-5-19(22)14-18/h3-9,14H,10-13,15H2,1-2H3,(H,24,27). The molecule has 1 saturated heterocycles. The van der Waals surface area contributed by atoms with Crippen LogP contribution >= 0.6 is 15.9 Å². The molecule has 3 rings (SSSR count). The summed E-state index contributed by atoms with van der Waals surface area (Å²) in [6.45, 7) is 5.61. The third-order valence-corrected chi connectivity index (χ3v) is 7.35. The summed E-state index contributed by atoms with van der Waals surface area (Å²) in [6, 6.07) is 14.5. The average Bonchev–Trinajstić information content (AvgIpc) is 2.73. The first-order valence-electron chi connectivity index (χ1n) is 9.64. The van der Waals surface area contributed by atoms with Crippen LogP contribution in [0.1, 0.15) is 18.1 Å². The first-order chi connectivity index (χ1) is 14.3. The van der Waals surface area contributed by atoms with E-state index >= 15 is 0 Å². The number of benzene rings is 2. The number of amides is 1. The maximum Gasteiger partial charge on any atom is 0.254 e. The molecule has 0 unspecified atom stereocenters. The second-order valence-electron chi connectivity index (χ2n) is 7.24. The summed E-state index contributed by atoms with van der Waals surface area (Å²) in [5.41, 5.74) is 5.22. The van der Waals surface area contributed by atoms with E-state index in [9.17, 15) is 13.2 Å². The van der Waals surface area contributed by atoms with Crippen molar-refractivity contribution in [1.82, 2.24) is 14.6 Å². The Morgan fingerprint density at radius 3 is 2.40 bits per heavy atom. The molecule has 160 valence electrons. The maximum atomic E-state index is 12.8. The van der Waals surface area contributed by atoms with Crippen LogP contribution in [0.25, 0.3) is 0 Å². The van der Waals surface area contributed by atoms with E-state index in [4.69, 9.17) is 0 Å². The van der Waals surface area contributed by atoms with E-state index in [1.165, 1.54) is 4.31 Å². The molecule has 0 saturated carbocycles. The molecule has 0 aromatic heterocycles. The van der Waals surface area contributed by atoms with Gasteiger partial charge in [-0.25, -0.2) is 13.8 Å². The number of aryl methyl sites for hydroxylation is 1. The number of hydrogen-bond donors (Lipinski definition) is 1. The van der Waals surface area contributed by atoms with Gasteiger partial charge in [-0.3, -0.25) is 9.69 Å². The zero-order chi connectivity index (χ0) is 21.7. The van der Waals surface area contributed by atoms with Crippen molar-refractivity contribution in [1.29, 1.82) is 0 Å². The highest BCUT2D eigenvalue weighted by Gasteiger charge is 2.28. The van der Waals surface area contributed by atoms with Gasteiger partial charge < -0.3 is 0 Å². The molecule has 2 aromatic carbocycles. The summed E-state index contributed by atoms with van der Waals surface area (Å²) in [7, 11) is -3.51. The minimum Gasteiger partial charge on any atom is -0.292 e. The van der Waals surface area contributed by atoms with Gasteiger partial charge in [0.15, 0.2) is 0 Å². The first kappa shape index (κ1) is 22.6. The van der Waals surface area contributed by atoms with Crippen molar-refractivity contribution in [2.75, 3.05) is 32.7 Å². The summed E-state index contributed by atoms with van der Waals surface area (Å²) < 4.78 is 28.0. The summed E-state index contributed by atoms with van der Waals surface area (Å²) in [4.78, 5) is 14.5. The number of hydrazone groups is 1. The molecule has 1 aliphatic heterocycles. The molecule has 1 N–H and O–H groups in total. The zero-order valence-electron chi connectivity index (χ0n) is 17.0. The third kappa shape index (κ3) is 5.75. The number of carbonyl (C=O) groups is 1. The fourth-order valence-electron chi connectivity index (χ4n) is 3.15. The number of carbonyl (C=O) groups excluding carboxylic acids is 1. The Hall–Kier alpha value is -2.07. The lowest BCUT2D eigenvalue weighted by atomic mass is 10.1. The fourth-order valence-corrected chi connectivity index (χ4v) is 4.97. The fraction of sp³-hybridized carbons (Fsp3) is 0.333. The van der Waals surface area contributed by atoms with E-state index in [0.29, 0.717) is 36.8 Å². The molecule has 9 heteroatoms. The monoisotopic (exact) mass is 492 g/mol. The van der Waals surface area contributed by atoms with Gasteiger partial charge in [0, 0.05) is 30.7 Å². The average molecular weight is 493 g/mol. The molecular formula is C21H25BrN4O3S. The Bertz CT molecular complexity index is 1030. The Labute approximate surface area is 185 Å². The number of halogens is 1. The van der Waals surface area contributed by atoms with Crippen LogP contribution in [0.5, 0.6) is 0 Å². The maximum absolute atomic E-state index is 12.8. The van der Waals surface area contributed by atoms with Gasteiger partial charge in [-0.1, -0.05) is 45.8 Å². The molecule has 7 nitrogen and oxygen atoms in total. The summed E-state index contributed by atoms with van der Waals surface area (Å²) >= 11 is 3.42. The number of piperazine rings is 1. The number of rotatable bonds is 6. The molecule has 1 heterocycles. The van der Waals surface area contributed by atoms with E-state index in [1.54, 1.807) is 24.3 Å². The summed E-state index contributed by atoms with van der Waals surface area (Å²) in [5.74, 6) is -0.223. The van der Waals surface area contributed by atoms with Gasteiger partial charge in [-0.2, -0.15) is 9.41 Å². The normalized spacial score (nSPS) is 16.4. The van der Waals surface area contributed by atoms with Crippen molar-refractivity contribution in [3.8, 4) is 0 Å². The van der Waals surface area contributed by atoms with Crippen molar-refractivity contribution >= 4 is 37.6 Å². The van der Waals surface area contributed by atoms with Gasteiger partial charge in [-0.05, 0) is 43.7 Å². The van der Waals surface area contributed by atoms with Crippen molar-refractivity contribution in [3.05, 3.63) is 64.1 Å². The number of sulfonamides is 1. The molecule has 1 fully saturated rings. The lowest BCUT2D eigenvalue weighted by Crippen LogP contribution is -2.50. The Kier molecular flexibility index (Phi) is 7.41. The van der Waals surface area contributed by atoms with Gasteiger partial charge >= 0.3 is 0 Å². The van der Waals surface area contributed by atoms with E-state index in [-0.39, 0.29) is 12.5 Å². The Morgan fingerprint density at radius 2 is 1.77 bits per heavy atom. The van der Waals surface area contributed by atoms with E-state index in [2.05, 4.69) is 26.5 Å². The van der Waals surface area contributed by atoms with E-state index < -0.39 is 10.0 Å². The quantitative estimate of drug-likeness (QED) is 0.496. The highest BCUT2D eigenvalue weighted by molar-refractivity contribution is 9.10. The highest BCUT2D eigenvalue weighted by atomic mass is 79.9. The van der Waals surface area contributed by atoms with Crippen LogP contribution in [0.3, 0.4) is 0 Å². The van der Waals surface area contributed by atoms with Crippen molar-refractivity contribution in [2.24, 2.45) is 5.10 Å². The lowest BCUT2D eigenvalue weighted by Gasteiger charge is -2.33. The second kappa shape index (κ2) is 9.82. The van der Waals surface area contributed by atoms with Gasteiger partial charge in [-0.15, -0.1) is 0 Å². The van der Waals surface area contributed by atoms with Gasteiger partial charge in [0.05, 0.1) is 17.2 Å². The van der Waals surface area contributed by atoms with Crippen LogP contribution in [-0.4, -0.2) is 62.0 Å². The number of nitrogens with one attached hydrogen (secondary N) is 1. The molecule has 2 aromatic rings. The van der Waals surface area contributed by atoms with Crippen LogP contribution in [-0.2, 0) is 14.8 Å². The van der Waals surface area contributed by atoms with Crippen molar-refractivity contribution < 1.29 is 13.2 Å². The number of hydrogen-bond acceptors (Lipinski definition) is 5. The minimum atomic E-state index is -3.51. The van der Waals surface area contributed by atoms with E-state index in [0.717, 1.165) is 15.6 Å². The largest absolute Gasteiger partial charge is 0.292 e. The zero-order valence-corrected chi connectivity index (χ0v) is 19.4. The topological polar surface area (TPSA) is 82.1 Å². The van der Waals surface area contributed by atoms with Crippen molar-refractivity contribution in [3.63, 3.8) is 0 Å². The van der Waals surface area contributed by atoms with Crippen LogP contribution in [0.4, 0.5) is 0 Å². The second-order valence-corrected chi connectivity index (χ2v) is 10.1. The minimum absolute atomic E-state index is 0.174. The van der Waals surface area contributed by atoms with Crippen LogP contribution in [0.2, 0.25) is 0 Å². The van der Waals surface area contributed by atoms with Gasteiger partial charge in [0.25, 0.3) is 5.91 Å². The molecule has 0 aliphatic carbocycles. The molecule has 1 amide bonds. The Morgan fingerprint density at radius 1 is 1.10 bits per heavy atom. The Balaban J connectivity index is 1.51. The number of nitrogens with zero attached hydrogens (tertiary/aromatic N) is 3. The SMILES string of the molecule is CC(=NNC(=O)CN1CCN(S(=O)(=O)c2ccc(C)cc2)CC1)c1cccc(Br)c1. The molecule has 30 heavy (non-hydrogen) atoms. The van der Waals surface area contributed by atoms with Gasteiger partial charge in [0.2, 0.25) is 10.0 Å². The van der Waals surface area contributed by atoms with Crippen LogP contribution < -0.4 is 5.43 Å². The van der Waals surface area contributed by atoms with Gasteiger partial charge in [0.1, 0.15) is 0 Å². The molecule has 0 radical (unpaired) electrons. The molecule has 0 spiro atoms.